The molecule has 1 atom stereocenters. The molecule has 1 aliphatic rings. The lowest BCUT2D eigenvalue weighted by molar-refractivity contribution is 0.212. The molecule has 2 heterocycles. The molecule has 0 aromatic carbocycles. The van der Waals surface area contributed by atoms with Crippen molar-refractivity contribution in [1.29, 1.82) is 0 Å². The zero-order valence-electron chi connectivity index (χ0n) is 10.0. The summed E-state index contributed by atoms with van der Waals surface area (Å²) in [5.74, 6) is 0.780. The highest BCUT2D eigenvalue weighted by molar-refractivity contribution is 6.03. The molecule has 2 amide bonds. The zero-order chi connectivity index (χ0) is 13.1. The van der Waals surface area contributed by atoms with E-state index in [0.717, 1.165) is 5.56 Å². The molecule has 0 radical (unpaired) electrons. The Morgan fingerprint density at radius 2 is 2.39 bits per heavy atom. The van der Waals surface area contributed by atoms with Crippen molar-refractivity contribution in [3.63, 3.8) is 0 Å². The fourth-order valence-corrected chi connectivity index (χ4v) is 1.85. The number of carbonyl (C=O) groups is 1. The van der Waals surface area contributed by atoms with Crippen LogP contribution in [0.5, 0.6) is 5.88 Å². The standard InChI is InChI=1S/C12H14N4O2/c1-3-6-16-10(11(13)15-12(16)17)8-4-5-9(18-2)14-7-8/h3-5,7,10H,1,6H2,2H3,(H2,13,15,17). The van der Waals surface area contributed by atoms with Crippen LogP contribution in [-0.4, -0.2) is 35.4 Å². The molecule has 2 N–H and O–H groups in total. The summed E-state index contributed by atoms with van der Waals surface area (Å²) >= 11 is 0. The van der Waals surface area contributed by atoms with Crippen LogP contribution in [0.15, 0.2) is 36.0 Å². The number of aromatic nitrogens is 1. The minimum atomic E-state index is -0.381. The number of pyridine rings is 1. The molecule has 0 saturated heterocycles. The number of amides is 2. The second kappa shape index (κ2) is 4.87. The Kier molecular flexibility index (Phi) is 3.27. The summed E-state index contributed by atoms with van der Waals surface area (Å²) in [5.41, 5.74) is 6.58. The first kappa shape index (κ1) is 12.1. The molecule has 1 aromatic rings. The Hall–Kier alpha value is -2.37. The normalized spacial score (nSPS) is 18.7. The molecule has 1 aromatic heterocycles. The molecule has 0 aliphatic carbocycles. The largest absolute Gasteiger partial charge is 0.481 e. The summed E-state index contributed by atoms with van der Waals surface area (Å²) in [4.78, 5) is 21.0. The van der Waals surface area contributed by atoms with Gasteiger partial charge in [0, 0.05) is 24.4 Å². The third-order valence-corrected chi connectivity index (χ3v) is 2.67. The third kappa shape index (κ3) is 2.04. The summed E-state index contributed by atoms with van der Waals surface area (Å²) in [6.45, 7) is 4.01. The van der Waals surface area contributed by atoms with Crippen LogP contribution < -0.4 is 10.5 Å². The van der Waals surface area contributed by atoms with Gasteiger partial charge in [0.2, 0.25) is 5.88 Å². The first-order valence-electron chi connectivity index (χ1n) is 5.43. The first-order chi connectivity index (χ1) is 8.67. The number of carbonyl (C=O) groups excluding carboxylic acids is 1. The number of nitrogens with zero attached hydrogens (tertiary/aromatic N) is 3. The van der Waals surface area contributed by atoms with E-state index in [1.54, 1.807) is 25.4 Å². The van der Waals surface area contributed by atoms with E-state index in [9.17, 15) is 4.79 Å². The fourth-order valence-electron chi connectivity index (χ4n) is 1.85. The maximum atomic E-state index is 11.6. The van der Waals surface area contributed by atoms with Crippen LogP contribution in [0.4, 0.5) is 4.79 Å². The minimum Gasteiger partial charge on any atom is -0.481 e. The average molecular weight is 246 g/mol. The van der Waals surface area contributed by atoms with Gasteiger partial charge >= 0.3 is 6.03 Å². The van der Waals surface area contributed by atoms with Gasteiger partial charge < -0.3 is 15.4 Å². The number of hydrogen-bond acceptors (Lipinski definition) is 4. The van der Waals surface area contributed by atoms with Crippen LogP contribution >= 0.6 is 0 Å². The smallest absolute Gasteiger partial charge is 0.346 e. The minimum absolute atomic E-state index is 0.272. The molecule has 0 fully saturated rings. The SMILES string of the molecule is C=CCN1C(=O)N=C(N)C1c1ccc(OC)nc1. The predicted molar refractivity (Wildman–Crippen MR) is 67.5 cm³/mol. The van der Waals surface area contributed by atoms with Gasteiger partial charge in [-0.25, -0.2) is 9.78 Å². The number of urea groups is 1. The van der Waals surface area contributed by atoms with Crippen molar-refractivity contribution < 1.29 is 9.53 Å². The Morgan fingerprint density at radius 1 is 1.61 bits per heavy atom. The van der Waals surface area contributed by atoms with Crippen LogP contribution in [-0.2, 0) is 0 Å². The van der Waals surface area contributed by atoms with Gasteiger partial charge in [-0.05, 0) is 6.07 Å². The molecular weight excluding hydrogens is 232 g/mol. The Bertz CT molecular complexity index is 495. The van der Waals surface area contributed by atoms with Crippen molar-refractivity contribution in [1.82, 2.24) is 9.88 Å². The van der Waals surface area contributed by atoms with Gasteiger partial charge in [-0.15, -0.1) is 6.58 Å². The molecular formula is C12H14N4O2. The quantitative estimate of drug-likeness (QED) is 0.807. The average Bonchev–Trinajstić information content (AvgIpc) is 2.65. The van der Waals surface area contributed by atoms with Crippen LogP contribution in [0.3, 0.4) is 0 Å². The highest BCUT2D eigenvalue weighted by atomic mass is 16.5. The maximum Gasteiger partial charge on any atom is 0.346 e. The summed E-state index contributed by atoms with van der Waals surface area (Å²) < 4.78 is 4.98. The number of ether oxygens (including phenoxy) is 1. The second-order valence-corrected chi connectivity index (χ2v) is 3.80. The van der Waals surface area contributed by atoms with Crippen LogP contribution in [0.2, 0.25) is 0 Å². The van der Waals surface area contributed by atoms with E-state index < -0.39 is 0 Å². The van der Waals surface area contributed by atoms with E-state index in [1.165, 1.54) is 4.90 Å². The molecule has 1 unspecified atom stereocenters. The molecule has 0 bridgehead atoms. The third-order valence-electron chi connectivity index (χ3n) is 2.67. The molecule has 2 rings (SSSR count). The number of rotatable bonds is 4. The first-order valence-corrected chi connectivity index (χ1v) is 5.43. The van der Waals surface area contributed by atoms with Gasteiger partial charge in [-0.1, -0.05) is 6.08 Å². The molecule has 6 heteroatoms. The van der Waals surface area contributed by atoms with E-state index in [0.29, 0.717) is 12.4 Å². The topological polar surface area (TPSA) is 80.8 Å². The van der Waals surface area contributed by atoms with Gasteiger partial charge in [-0.3, -0.25) is 0 Å². The highest BCUT2D eigenvalue weighted by Crippen LogP contribution is 2.26. The van der Waals surface area contributed by atoms with Crippen molar-refractivity contribution in [3.05, 3.63) is 36.5 Å². The van der Waals surface area contributed by atoms with E-state index >= 15 is 0 Å². The van der Waals surface area contributed by atoms with Gasteiger partial charge in [0.25, 0.3) is 0 Å². The number of amidine groups is 1. The molecule has 0 spiro atoms. The molecule has 94 valence electrons. The van der Waals surface area contributed by atoms with E-state index in [-0.39, 0.29) is 17.9 Å². The van der Waals surface area contributed by atoms with Crippen molar-refractivity contribution in [2.24, 2.45) is 10.7 Å². The monoisotopic (exact) mass is 246 g/mol. The van der Waals surface area contributed by atoms with Gasteiger partial charge in [0.05, 0.1) is 7.11 Å². The Labute approximate surface area is 105 Å². The fraction of sp³-hybridized carbons (Fsp3) is 0.250. The van der Waals surface area contributed by atoms with Crippen LogP contribution in [0.25, 0.3) is 0 Å². The Morgan fingerprint density at radius 3 is 2.94 bits per heavy atom. The lowest BCUT2D eigenvalue weighted by Gasteiger charge is -2.22. The molecule has 6 nitrogen and oxygen atoms in total. The van der Waals surface area contributed by atoms with Crippen LogP contribution in [0, 0.1) is 0 Å². The highest BCUT2D eigenvalue weighted by Gasteiger charge is 2.33. The van der Waals surface area contributed by atoms with E-state index in [4.69, 9.17) is 10.5 Å². The van der Waals surface area contributed by atoms with E-state index in [2.05, 4.69) is 16.6 Å². The van der Waals surface area contributed by atoms with Crippen molar-refractivity contribution in [2.75, 3.05) is 13.7 Å². The summed E-state index contributed by atoms with van der Waals surface area (Å²) in [7, 11) is 1.54. The summed E-state index contributed by atoms with van der Waals surface area (Å²) in [5, 5.41) is 0. The van der Waals surface area contributed by atoms with Crippen molar-refractivity contribution in [2.45, 2.75) is 6.04 Å². The number of methoxy groups -OCH3 is 1. The van der Waals surface area contributed by atoms with Gasteiger partial charge in [0.15, 0.2) is 0 Å². The number of aliphatic imine (C=N–C) groups is 1. The maximum absolute atomic E-state index is 11.6. The van der Waals surface area contributed by atoms with Crippen molar-refractivity contribution >= 4 is 11.9 Å². The molecule has 0 saturated carbocycles. The van der Waals surface area contributed by atoms with E-state index in [1.807, 2.05) is 6.07 Å². The lowest BCUT2D eigenvalue weighted by atomic mass is 10.1. The zero-order valence-corrected chi connectivity index (χ0v) is 10.0. The lowest BCUT2D eigenvalue weighted by Crippen LogP contribution is -2.33. The van der Waals surface area contributed by atoms with Crippen LogP contribution in [0.1, 0.15) is 11.6 Å². The van der Waals surface area contributed by atoms with Crippen molar-refractivity contribution in [3.8, 4) is 5.88 Å². The Balaban J connectivity index is 2.31. The van der Waals surface area contributed by atoms with Gasteiger partial charge in [-0.2, -0.15) is 4.99 Å². The second-order valence-electron chi connectivity index (χ2n) is 3.80. The molecule has 1 aliphatic heterocycles. The summed E-state index contributed by atoms with van der Waals surface area (Å²) in [6.07, 6.45) is 3.26. The van der Waals surface area contributed by atoms with Gasteiger partial charge in [0.1, 0.15) is 11.9 Å². The predicted octanol–water partition coefficient (Wildman–Crippen LogP) is 1.11. The summed E-state index contributed by atoms with van der Waals surface area (Å²) in [6, 6.07) is 2.80. The number of hydrogen-bond donors (Lipinski definition) is 1. The molecule has 18 heavy (non-hydrogen) atoms. The number of nitrogens with two attached hydrogens (primary N) is 1.